The molecule has 0 aliphatic heterocycles. The molecule has 0 spiro atoms. The van der Waals surface area contributed by atoms with Crippen LogP contribution in [0.2, 0.25) is 0 Å². The zero-order chi connectivity index (χ0) is 17.7. The van der Waals surface area contributed by atoms with Gasteiger partial charge in [0, 0.05) is 25.2 Å². The Morgan fingerprint density at radius 3 is 1.54 bits per heavy atom. The molecule has 2 rings (SSSR count). The van der Waals surface area contributed by atoms with Crippen molar-refractivity contribution in [2.45, 2.75) is 0 Å². The van der Waals surface area contributed by atoms with Crippen molar-refractivity contribution in [3.05, 3.63) is 68.5 Å². The topological polar surface area (TPSA) is 143 Å². The van der Waals surface area contributed by atoms with E-state index in [-0.39, 0.29) is 33.9 Å². The standard InChI is InChI=1S/C14H14N4O6/c19-11-5-1-3-9(17(11)23)13(21)15-7-8-16-14(22)10-4-2-6-12(20)18(10)24/h1-6,23-24H,7-8H2,(H,15,21)(H,16,22). The highest BCUT2D eigenvalue weighted by Crippen LogP contribution is 1.94. The van der Waals surface area contributed by atoms with Crippen molar-refractivity contribution in [3.8, 4) is 0 Å². The zero-order valence-electron chi connectivity index (χ0n) is 12.3. The number of rotatable bonds is 5. The average Bonchev–Trinajstić information content (AvgIpc) is 2.56. The fourth-order valence-corrected chi connectivity index (χ4v) is 1.84. The Morgan fingerprint density at radius 2 is 1.17 bits per heavy atom. The van der Waals surface area contributed by atoms with Gasteiger partial charge in [0.15, 0.2) is 0 Å². The largest absolute Gasteiger partial charge is 0.425 e. The van der Waals surface area contributed by atoms with Crippen molar-refractivity contribution >= 4 is 11.8 Å². The third kappa shape index (κ3) is 3.61. The maximum Gasteiger partial charge on any atom is 0.283 e. The zero-order valence-corrected chi connectivity index (χ0v) is 12.3. The van der Waals surface area contributed by atoms with E-state index in [9.17, 15) is 29.6 Å². The number of nitrogens with one attached hydrogen (secondary N) is 2. The van der Waals surface area contributed by atoms with Gasteiger partial charge in [0.05, 0.1) is 0 Å². The Balaban J connectivity index is 1.89. The number of carbonyl (C=O) groups is 2. The molecule has 0 aliphatic rings. The summed E-state index contributed by atoms with van der Waals surface area (Å²) < 4.78 is 0.421. The highest BCUT2D eigenvalue weighted by molar-refractivity contribution is 5.93. The first-order chi connectivity index (χ1) is 11.4. The molecule has 0 aliphatic carbocycles. The molecule has 24 heavy (non-hydrogen) atoms. The van der Waals surface area contributed by atoms with E-state index in [1.54, 1.807) is 0 Å². The van der Waals surface area contributed by atoms with Gasteiger partial charge in [-0.2, -0.15) is 0 Å². The quantitative estimate of drug-likeness (QED) is 0.393. The van der Waals surface area contributed by atoms with Crippen molar-refractivity contribution in [3.63, 3.8) is 0 Å². The molecule has 0 radical (unpaired) electrons. The number of pyridine rings is 2. The number of hydrogen-bond donors (Lipinski definition) is 4. The van der Waals surface area contributed by atoms with Crippen LogP contribution in [-0.4, -0.2) is 44.8 Å². The third-order valence-corrected chi connectivity index (χ3v) is 3.02. The van der Waals surface area contributed by atoms with Crippen LogP contribution >= 0.6 is 0 Å². The molecule has 126 valence electrons. The van der Waals surface area contributed by atoms with E-state index in [4.69, 9.17) is 0 Å². The monoisotopic (exact) mass is 334 g/mol. The summed E-state index contributed by atoms with van der Waals surface area (Å²) in [5.41, 5.74) is -2.00. The van der Waals surface area contributed by atoms with Gasteiger partial charge < -0.3 is 21.0 Å². The summed E-state index contributed by atoms with van der Waals surface area (Å²) in [5.74, 6) is -1.41. The lowest BCUT2D eigenvalue weighted by Gasteiger charge is -2.09. The molecule has 2 aromatic heterocycles. The van der Waals surface area contributed by atoms with E-state index in [0.29, 0.717) is 0 Å². The van der Waals surface area contributed by atoms with Crippen molar-refractivity contribution in [2.24, 2.45) is 0 Å². The Hall–Kier alpha value is -3.56. The molecular formula is C14H14N4O6. The first kappa shape index (κ1) is 16.8. The van der Waals surface area contributed by atoms with Gasteiger partial charge in [0.1, 0.15) is 11.4 Å². The second-order valence-corrected chi connectivity index (χ2v) is 4.63. The molecular weight excluding hydrogens is 320 g/mol. The van der Waals surface area contributed by atoms with Crippen LogP contribution in [0.3, 0.4) is 0 Å². The first-order valence-electron chi connectivity index (χ1n) is 6.81. The van der Waals surface area contributed by atoms with Gasteiger partial charge in [-0.3, -0.25) is 19.2 Å². The summed E-state index contributed by atoms with van der Waals surface area (Å²) in [5, 5.41) is 23.7. The van der Waals surface area contributed by atoms with Gasteiger partial charge in [0.25, 0.3) is 22.9 Å². The van der Waals surface area contributed by atoms with Crippen LogP contribution in [0.4, 0.5) is 0 Å². The SMILES string of the molecule is O=C(NCCNC(=O)c1cccc(=O)n1O)c1cccc(=O)n1O. The summed E-state index contributed by atoms with van der Waals surface area (Å²) in [7, 11) is 0. The van der Waals surface area contributed by atoms with Gasteiger partial charge in [-0.25, -0.2) is 0 Å². The number of nitrogens with zero attached hydrogens (tertiary/aromatic N) is 2. The van der Waals surface area contributed by atoms with E-state index in [1.807, 2.05) is 0 Å². The lowest BCUT2D eigenvalue weighted by Crippen LogP contribution is -2.38. The lowest BCUT2D eigenvalue weighted by molar-refractivity contribution is 0.0864. The van der Waals surface area contributed by atoms with E-state index in [0.717, 1.165) is 12.1 Å². The van der Waals surface area contributed by atoms with E-state index in [2.05, 4.69) is 10.6 Å². The second-order valence-electron chi connectivity index (χ2n) is 4.63. The Kier molecular flexibility index (Phi) is 5.00. The van der Waals surface area contributed by atoms with Gasteiger partial charge >= 0.3 is 0 Å². The van der Waals surface area contributed by atoms with Crippen LogP contribution in [-0.2, 0) is 0 Å². The van der Waals surface area contributed by atoms with Crippen LogP contribution < -0.4 is 21.8 Å². The highest BCUT2D eigenvalue weighted by Gasteiger charge is 2.13. The van der Waals surface area contributed by atoms with Crippen molar-refractivity contribution in [2.75, 3.05) is 13.1 Å². The molecule has 10 nitrogen and oxygen atoms in total. The summed E-state index contributed by atoms with van der Waals surface area (Å²) in [6.45, 7) is -0.00763. The summed E-state index contributed by atoms with van der Waals surface area (Å²) in [6.07, 6.45) is 0. The molecule has 4 N–H and O–H groups in total. The molecule has 0 bridgehead atoms. The fourth-order valence-electron chi connectivity index (χ4n) is 1.84. The number of amides is 2. The van der Waals surface area contributed by atoms with Crippen LogP contribution in [0, 0.1) is 0 Å². The fraction of sp³-hybridized carbons (Fsp3) is 0.143. The molecule has 2 aromatic rings. The predicted molar refractivity (Wildman–Crippen MR) is 80.4 cm³/mol. The average molecular weight is 334 g/mol. The number of aromatic nitrogens is 2. The maximum atomic E-state index is 11.8. The van der Waals surface area contributed by atoms with Crippen molar-refractivity contribution in [1.29, 1.82) is 0 Å². The Morgan fingerprint density at radius 1 is 0.792 bits per heavy atom. The van der Waals surface area contributed by atoms with Crippen LogP contribution in [0.25, 0.3) is 0 Å². The van der Waals surface area contributed by atoms with Gasteiger partial charge in [0.2, 0.25) is 0 Å². The van der Waals surface area contributed by atoms with E-state index in [1.165, 1.54) is 24.3 Å². The Labute approximate surface area is 134 Å². The molecule has 10 heteroatoms. The molecule has 0 saturated heterocycles. The minimum Gasteiger partial charge on any atom is -0.425 e. The first-order valence-corrected chi connectivity index (χ1v) is 6.81. The minimum atomic E-state index is -0.749. The summed E-state index contributed by atoms with van der Waals surface area (Å²) in [4.78, 5) is 46.0. The Bertz CT molecular complexity index is 812. The molecule has 0 atom stereocenters. The van der Waals surface area contributed by atoms with Crippen LogP contribution in [0.1, 0.15) is 21.0 Å². The molecule has 0 fully saturated rings. The van der Waals surface area contributed by atoms with E-state index < -0.39 is 22.9 Å². The van der Waals surface area contributed by atoms with Gasteiger partial charge in [-0.1, -0.05) is 12.1 Å². The predicted octanol–water partition coefficient (Wildman–Crippen LogP) is -1.36. The molecule has 0 saturated carbocycles. The second kappa shape index (κ2) is 7.13. The molecule has 2 heterocycles. The number of carbonyl (C=O) groups excluding carboxylic acids is 2. The minimum absolute atomic E-state index is 0.00382. The normalized spacial score (nSPS) is 10.2. The molecule has 2 amide bonds. The summed E-state index contributed by atoms with van der Waals surface area (Å²) in [6, 6.07) is 7.33. The molecule has 0 aromatic carbocycles. The van der Waals surface area contributed by atoms with Crippen molar-refractivity contribution < 1.29 is 20.0 Å². The van der Waals surface area contributed by atoms with Crippen LogP contribution in [0.5, 0.6) is 0 Å². The number of hydrogen-bond acceptors (Lipinski definition) is 6. The van der Waals surface area contributed by atoms with Crippen molar-refractivity contribution in [1.82, 2.24) is 20.1 Å². The van der Waals surface area contributed by atoms with Gasteiger partial charge in [-0.05, 0) is 12.1 Å². The van der Waals surface area contributed by atoms with Gasteiger partial charge in [-0.15, -0.1) is 9.46 Å². The maximum absolute atomic E-state index is 11.8. The molecule has 0 unspecified atom stereocenters. The highest BCUT2D eigenvalue weighted by atomic mass is 16.5. The van der Waals surface area contributed by atoms with Crippen LogP contribution in [0.15, 0.2) is 46.0 Å². The lowest BCUT2D eigenvalue weighted by atomic mass is 10.3. The smallest absolute Gasteiger partial charge is 0.283 e. The summed E-state index contributed by atoms with van der Waals surface area (Å²) >= 11 is 0. The van der Waals surface area contributed by atoms with E-state index >= 15 is 0 Å². The third-order valence-electron chi connectivity index (χ3n) is 3.02.